The molecule has 0 bridgehead atoms. The maximum Gasteiger partial charge on any atom is 2.00 e. The van der Waals surface area contributed by atoms with Crippen LogP contribution >= 0.6 is 24.4 Å². The number of aliphatic hydroxyl groups is 2. The predicted octanol–water partition coefficient (Wildman–Crippen LogP) is -1.78. The maximum absolute atomic E-state index is 11.2. The molecular formula is C14H24CaN2O6S6. The minimum absolute atomic E-state index is 0. The summed E-state index contributed by atoms with van der Waals surface area (Å²) in [6.07, 6.45) is 1.11. The van der Waals surface area contributed by atoms with Crippen molar-refractivity contribution in [3.8, 4) is 0 Å². The van der Waals surface area contributed by atoms with Crippen LogP contribution in [-0.2, 0) is 44.9 Å². The van der Waals surface area contributed by atoms with Gasteiger partial charge in [0.2, 0.25) is 0 Å². The fraction of sp³-hybridized carbons (Fsp3) is 0.857. The molecule has 15 heteroatoms. The van der Waals surface area contributed by atoms with Crippen molar-refractivity contribution in [3.05, 3.63) is 0 Å². The topological polar surface area (TPSA) is 115 Å². The van der Waals surface area contributed by atoms with Gasteiger partial charge in [-0.15, -0.1) is 0 Å². The quantitative estimate of drug-likeness (QED) is 0.222. The van der Waals surface area contributed by atoms with Crippen LogP contribution < -0.4 is 0 Å². The molecule has 2 saturated heterocycles. The minimum atomic E-state index is -2.92. The third-order valence-corrected chi connectivity index (χ3v) is 8.89. The van der Waals surface area contributed by atoms with E-state index in [4.69, 9.17) is 59.9 Å². The average molecular weight is 549 g/mol. The van der Waals surface area contributed by atoms with Gasteiger partial charge in [-0.25, -0.2) is 16.8 Å². The molecule has 0 aromatic carbocycles. The molecule has 0 aromatic heterocycles. The first kappa shape index (κ1) is 30.3. The molecule has 2 aliphatic heterocycles. The smallest absolute Gasteiger partial charge is 0.411 e. The summed E-state index contributed by atoms with van der Waals surface area (Å²) < 4.78 is 45.3. The van der Waals surface area contributed by atoms with Crippen LogP contribution in [-0.4, -0.2) is 145 Å². The van der Waals surface area contributed by atoms with Gasteiger partial charge in [-0.05, 0) is 12.8 Å². The number of hydrogen-bond donors (Lipinski definition) is 2. The number of hydrogen-bond acceptors (Lipinski definition) is 10. The summed E-state index contributed by atoms with van der Waals surface area (Å²) in [5, 5.41) is 17.6. The molecule has 0 saturated carbocycles. The number of aliphatic hydroxyl groups excluding tert-OH is 2. The first-order valence-corrected chi connectivity index (χ1v) is 13.8. The van der Waals surface area contributed by atoms with Gasteiger partial charge in [-0.2, -0.15) is 0 Å². The van der Waals surface area contributed by atoms with E-state index in [1.807, 2.05) is 0 Å². The van der Waals surface area contributed by atoms with Gasteiger partial charge in [0.25, 0.3) is 0 Å². The van der Waals surface area contributed by atoms with Crippen molar-refractivity contribution in [2.24, 2.45) is 0 Å². The predicted molar refractivity (Wildman–Crippen MR) is 127 cm³/mol. The molecule has 164 valence electrons. The zero-order valence-corrected chi connectivity index (χ0v) is 22.9. The number of sulfone groups is 2. The second kappa shape index (κ2) is 13.8. The monoisotopic (exact) mass is 548 g/mol. The van der Waals surface area contributed by atoms with Gasteiger partial charge in [0.05, 0.1) is 36.2 Å². The van der Waals surface area contributed by atoms with Crippen LogP contribution in [0.15, 0.2) is 0 Å². The zero-order valence-electron chi connectivity index (χ0n) is 15.8. The first-order chi connectivity index (χ1) is 12.9. The van der Waals surface area contributed by atoms with E-state index in [1.54, 1.807) is 9.80 Å². The summed E-state index contributed by atoms with van der Waals surface area (Å²) in [6.45, 7) is 0.520. The van der Waals surface area contributed by atoms with Gasteiger partial charge in [0, 0.05) is 25.2 Å². The summed E-state index contributed by atoms with van der Waals surface area (Å²) in [6, 6.07) is -0.283. The molecule has 2 fully saturated rings. The summed E-state index contributed by atoms with van der Waals surface area (Å²) >= 11 is 19.3. The van der Waals surface area contributed by atoms with Gasteiger partial charge in [0.15, 0.2) is 19.7 Å². The van der Waals surface area contributed by atoms with E-state index in [9.17, 15) is 16.8 Å². The summed E-state index contributed by atoms with van der Waals surface area (Å²) in [5.41, 5.74) is 0. The Bertz CT molecular complexity index is 699. The fourth-order valence-corrected chi connectivity index (χ4v) is 7.53. The van der Waals surface area contributed by atoms with Crippen molar-refractivity contribution in [3.63, 3.8) is 0 Å². The van der Waals surface area contributed by atoms with E-state index in [0.717, 1.165) is 0 Å². The molecule has 2 heterocycles. The molecular weight excluding hydrogens is 525 g/mol. The first-order valence-electron chi connectivity index (χ1n) is 8.50. The van der Waals surface area contributed by atoms with Crippen LogP contribution in [0.25, 0.3) is 0 Å². The third-order valence-electron chi connectivity index (χ3n) is 4.45. The Hall–Kier alpha value is 1.30. The van der Waals surface area contributed by atoms with E-state index >= 15 is 0 Å². The molecule has 0 radical (unpaired) electrons. The third kappa shape index (κ3) is 10.6. The van der Waals surface area contributed by atoms with Gasteiger partial charge < -0.3 is 69.7 Å². The van der Waals surface area contributed by atoms with E-state index < -0.39 is 19.7 Å². The summed E-state index contributed by atoms with van der Waals surface area (Å²) in [7, 11) is -5.84. The normalized spacial score (nSPS) is 23.9. The van der Waals surface area contributed by atoms with Gasteiger partial charge in [-0.3, -0.25) is 0 Å². The number of rotatable bonds is 6. The Labute approximate surface area is 224 Å². The molecule has 8 nitrogen and oxygen atoms in total. The standard InChI is InChI=1S/2C7H13NO3S3.Ca/c2*9-3-2-8(7(12)13)6-1-4-14(10,11)5-6;/h2*6,9H,1-5H2,(H,12,13);/q;;+2/p-2. The maximum atomic E-state index is 11.2. The fourth-order valence-electron chi connectivity index (χ4n) is 3.10. The second-order valence-electron chi connectivity index (χ2n) is 6.48. The van der Waals surface area contributed by atoms with Crippen LogP contribution in [0, 0.1) is 0 Å². The van der Waals surface area contributed by atoms with Crippen LogP contribution in [0.1, 0.15) is 12.8 Å². The van der Waals surface area contributed by atoms with Crippen molar-refractivity contribution in [2.75, 3.05) is 49.3 Å². The zero-order chi connectivity index (χ0) is 21.5. The van der Waals surface area contributed by atoms with Crippen molar-refractivity contribution in [1.82, 2.24) is 9.80 Å². The number of nitrogens with zero attached hydrogens (tertiary/aromatic N) is 2. The Kier molecular flexibility index (Phi) is 14.4. The van der Waals surface area contributed by atoms with E-state index in [0.29, 0.717) is 25.9 Å². The molecule has 2 aliphatic rings. The molecule has 2 rings (SSSR count). The minimum Gasteiger partial charge on any atom is -0.411 e. The second-order valence-corrected chi connectivity index (χ2v) is 13.0. The van der Waals surface area contributed by atoms with Crippen LogP contribution in [0.2, 0.25) is 0 Å². The van der Waals surface area contributed by atoms with Crippen molar-refractivity contribution >= 4 is 116 Å². The summed E-state index contributed by atoms with van der Waals surface area (Å²) in [4.78, 5) is 3.24. The Morgan fingerprint density at radius 1 is 0.828 bits per heavy atom. The van der Waals surface area contributed by atoms with Crippen molar-refractivity contribution in [2.45, 2.75) is 24.9 Å². The average Bonchev–Trinajstić information content (AvgIpc) is 3.11. The summed E-state index contributed by atoms with van der Waals surface area (Å²) in [5.74, 6) is 0.586. The van der Waals surface area contributed by atoms with Gasteiger partial charge >= 0.3 is 37.7 Å². The van der Waals surface area contributed by atoms with Crippen molar-refractivity contribution in [1.29, 1.82) is 0 Å². The van der Waals surface area contributed by atoms with Crippen LogP contribution in [0.3, 0.4) is 0 Å². The molecule has 0 aromatic rings. The SMILES string of the molecule is O=S1(=O)CCC(N(CCO)C(=S)[S-])C1.O=S1(=O)CCC(N(CCO)C(=S)[S-])C1.[Ca+2]. The van der Waals surface area contributed by atoms with Crippen LogP contribution in [0.4, 0.5) is 0 Å². The van der Waals surface area contributed by atoms with Crippen LogP contribution in [0.5, 0.6) is 0 Å². The van der Waals surface area contributed by atoms with E-state index in [2.05, 4.69) is 0 Å². The molecule has 29 heavy (non-hydrogen) atoms. The molecule has 2 N–H and O–H groups in total. The Morgan fingerprint density at radius 3 is 1.31 bits per heavy atom. The van der Waals surface area contributed by atoms with Gasteiger partial charge in [0.1, 0.15) is 0 Å². The largest absolute Gasteiger partial charge is 2.00 e. The molecule has 0 amide bonds. The Balaban J connectivity index is 0.000000523. The molecule has 0 spiro atoms. The molecule has 2 atom stereocenters. The van der Waals surface area contributed by atoms with Gasteiger partial charge in [-0.1, -0.05) is 8.64 Å². The molecule has 2 unspecified atom stereocenters. The Morgan fingerprint density at radius 2 is 1.14 bits per heavy atom. The van der Waals surface area contributed by atoms with E-state index in [1.165, 1.54) is 0 Å². The van der Waals surface area contributed by atoms with Crippen molar-refractivity contribution < 1.29 is 27.0 Å². The number of thiocarbonyl (C=S) groups is 2. The molecule has 0 aliphatic carbocycles. The van der Waals surface area contributed by atoms with E-state index in [-0.39, 0.29) is 94.7 Å².